The van der Waals surface area contributed by atoms with E-state index in [1.54, 1.807) is 54.6 Å². The lowest BCUT2D eigenvalue weighted by molar-refractivity contribution is -0.111. The van der Waals surface area contributed by atoms with Gasteiger partial charge in [-0.15, -0.1) is 0 Å². The van der Waals surface area contributed by atoms with Gasteiger partial charge < -0.3 is 15.8 Å². The maximum atomic E-state index is 13.7. The van der Waals surface area contributed by atoms with E-state index in [4.69, 9.17) is 10.5 Å². The van der Waals surface area contributed by atoms with Crippen LogP contribution in [-0.4, -0.2) is 11.8 Å². The summed E-state index contributed by atoms with van der Waals surface area (Å²) in [6, 6.07) is 16.4. The molecule has 0 atom stereocenters. The van der Waals surface area contributed by atoms with Crippen molar-refractivity contribution in [3.8, 4) is 5.75 Å². The van der Waals surface area contributed by atoms with E-state index >= 15 is 0 Å². The minimum atomic E-state index is -0.687. The minimum Gasteiger partial charge on any atom is -0.489 e. The van der Waals surface area contributed by atoms with Gasteiger partial charge in [-0.1, -0.05) is 18.2 Å². The SMILES string of the molecule is NC(=O)c1ccc(/C=C/C(=O)Nc2cccc(OCc3ccc(F)cc3F)c2)cc1. The summed E-state index contributed by atoms with van der Waals surface area (Å²) in [5.41, 5.74) is 7.01. The molecule has 3 N–H and O–H groups in total. The highest BCUT2D eigenvalue weighted by Gasteiger charge is 2.06. The van der Waals surface area contributed by atoms with Gasteiger partial charge in [0.1, 0.15) is 24.0 Å². The van der Waals surface area contributed by atoms with Gasteiger partial charge in [-0.05, 0) is 48.0 Å². The largest absolute Gasteiger partial charge is 0.489 e. The van der Waals surface area contributed by atoms with Gasteiger partial charge in [-0.25, -0.2) is 8.78 Å². The van der Waals surface area contributed by atoms with Crippen molar-refractivity contribution in [1.29, 1.82) is 0 Å². The first kappa shape index (κ1) is 20.7. The van der Waals surface area contributed by atoms with E-state index in [9.17, 15) is 18.4 Å². The van der Waals surface area contributed by atoms with E-state index in [0.29, 0.717) is 17.0 Å². The van der Waals surface area contributed by atoms with E-state index in [0.717, 1.165) is 17.7 Å². The van der Waals surface area contributed by atoms with Crippen molar-refractivity contribution in [3.05, 3.63) is 101 Å². The number of ether oxygens (including phenoxy) is 1. The van der Waals surface area contributed by atoms with Crippen molar-refractivity contribution in [2.45, 2.75) is 6.61 Å². The molecule has 3 aromatic rings. The Morgan fingerprint density at radius 3 is 2.47 bits per heavy atom. The lowest BCUT2D eigenvalue weighted by Crippen LogP contribution is -2.10. The number of nitrogens with two attached hydrogens (primary N) is 1. The Bertz CT molecular complexity index is 1100. The molecule has 0 aromatic heterocycles. The first-order chi connectivity index (χ1) is 14.4. The van der Waals surface area contributed by atoms with Gasteiger partial charge in [0.05, 0.1) is 0 Å². The summed E-state index contributed by atoms with van der Waals surface area (Å²) in [6.45, 7) is -0.0787. The Labute approximate surface area is 171 Å². The molecule has 0 radical (unpaired) electrons. The monoisotopic (exact) mass is 408 g/mol. The number of hydrogen-bond acceptors (Lipinski definition) is 3. The number of rotatable bonds is 7. The summed E-state index contributed by atoms with van der Waals surface area (Å²) in [5.74, 6) is -1.81. The summed E-state index contributed by atoms with van der Waals surface area (Å²) in [4.78, 5) is 23.2. The fourth-order valence-corrected chi connectivity index (χ4v) is 2.58. The van der Waals surface area contributed by atoms with Crippen molar-refractivity contribution >= 4 is 23.6 Å². The number of benzene rings is 3. The average Bonchev–Trinajstić information content (AvgIpc) is 2.72. The van der Waals surface area contributed by atoms with Crippen LogP contribution in [0.2, 0.25) is 0 Å². The van der Waals surface area contributed by atoms with E-state index in [1.165, 1.54) is 12.1 Å². The zero-order valence-electron chi connectivity index (χ0n) is 15.8. The third-order valence-corrected chi connectivity index (χ3v) is 4.13. The lowest BCUT2D eigenvalue weighted by atomic mass is 10.1. The van der Waals surface area contributed by atoms with Crippen LogP contribution < -0.4 is 15.8 Å². The maximum Gasteiger partial charge on any atom is 0.248 e. The van der Waals surface area contributed by atoms with Crippen LogP contribution in [0.5, 0.6) is 5.75 Å². The van der Waals surface area contributed by atoms with Crippen LogP contribution in [0.25, 0.3) is 6.08 Å². The molecule has 0 saturated heterocycles. The highest BCUT2D eigenvalue weighted by Crippen LogP contribution is 2.20. The first-order valence-electron chi connectivity index (χ1n) is 8.96. The summed E-state index contributed by atoms with van der Waals surface area (Å²) in [7, 11) is 0. The van der Waals surface area contributed by atoms with Crippen LogP contribution in [0.15, 0.2) is 72.8 Å². The molecule has 7 heteroatoms. The van der Waals surface area contributed by atoms with E-state index < -0.39 is 17.5 Å². The number of amides is 2. The van der Waals surface area contributed by atoms with E-state index in [2.05, 4.69) is 5.32 Å². The van der Waals surface area contributed by atoms with Crippen molar-refractivity contribution in [2.24, 2.45) is 5.73 Å². The first-order valence-corrected chi connectivity index (χ1v) is 8.96. The minimum absolute atomic E-state index is 0.0787. The number of hydrogen-bond donors (Lipinski definition) is 2. The second-order valence-electron chi connectivity index (χ2n) is 6.36. The topological polar surface area (TPSA) is 81.4 Å². The Morgan fingerprint density at radius 2 is 1.77 bits per heavy atom. The highest BCUT2D eigenvalue weighted by atomic mass is 19.1. The van der Waals surface area contributed by atoms with Crippen molar-refractivity contribution in [3.63, 3.8) is 0 Å². The lowest BCUT2D eigenvalue weighted by Gasteiger charge is -2.09. The van der Waals surface area contributed by atoms with Crippen LogP contribution in [0.3, 0.4) is 0 Å². The molecular formula is C23H18F2N2O3. The summed E-state index contributed by atoms with van der Waals surface area (Å²) < 4.78 is 32.2. The molecule has 5 nitrogen and oxygen atoms in total. The van der Waals surface area contributed by atoms with Gasteiger partial charge in [-0.3, -0.25) is 9.59 Å². The van der Waals surface area contributed by atoms with Crippen LogP contribution >= 0.6 is 0 Å². The molecular weight excluding hydrogens is 390 g/mol. The Kier molecular flexibility index (Phi) is 6.54. The summed E-state index contributed by atoms with van der Waals surface area (Å²) in [6.07, 6.45) is 2.94. The Morgan fingerprint density at radius 1 is 1.00 bits per heavy atom. The van der Waals surface area contributed by atoms with Gasteiger partial charge in [-0.2, -0.15) is 0 Å². The standard InChI is InChI=1S/C23H18F2N2O3/c24-18-10-9-17(21(25)12-18)14-30-20-3-1-2-19(13-20)27-22(28)11-6-15-4-7-16(8-5-15)23(26)29/h1-13H,14H2,(H2,26,29)(H,27,28)/b11-6+. The number of carbonyl (C=O) groups is 2. The Balaban J connectivity index is 1.58. The smallest absolute Gasteiger partial charge is 0.248 e. The van der Waals surface area contributed by atoms with E-state index in [1.807, 2.05) is 0 Å². The number of halogens is 2. The second-order valence-corrected chi connectivity index (χ2v) is 6.36. The van der Waals surface area contributed by atoms with Crippen LogP contribution in [0.4, 0.5) is 14.5 Å². The quantitative estimate of drug-likeness (QED) is 0.572. The third kappa shape index (κ3) is 5.75. The molecule has 152 valence electrons. The molecule has 0 saturated carbocycles. The van der Waals surface area contributed by atoms with E-state index in [-0.39, 0.29) is 18.1 Å². The molecule has 3 rings (SSSR count). The number of carbonyl (C=O) groups excluding carboxylic acids is 2. The van der Waals surface area contributed by atoms with Crippen molar-refractivity contribution in [1.82, 2.24) is 0 Å². The molecule has 0 bridgehead atoms. The fourth-order valence-electron chi connectivity index (χ4n) is 2.58. The van der Waals surface area contributed by atoms with Crippen molar-refractivity contribution in [2.75, 3.05) is 5.32 Å². The van der Waals surface area contributed by atoms with Gasteiger partial charge in [0.15, 0.2) is 0 Å². The fraction of sp³-hybridized carbons (Fsp3) is 0.0435. The molecule has 0 aliphatic heterocycles. The highest BCUT2D eigenvalue weighted by molar-refractivity contribution is 6.02. The molecule has 2 amide bonds. The molecule has 0 fully saturated rings. The molecule has 3 aromatic carbocycles. The van der Waals surface area contributed by atoms with Crippen LogP contribution in [0, 0.1) is 11.6 Å². The summed E-state index contributed by atoms with van der Waals surface area (Å²) in [5, 5.41) is 2.70. The maximum absolute atomic E-state index is 13.7. The average molecular weight is 408 g/mol. The Hall–Kier alpha value is -4.00. The zero-order valence-corrected chi connectivity index (χ0v) is 15.8. The molecule has 0 heterocycles. The van der Waals surface area contributed by atoms with Crippen LogP contribution in [0.1, 0.15) is 21.5 Å². The molecule has 30 heavy (non-hydrogen) atoms. The predicted molar refractivity (Wildman–Crippen MR) is 110 cm³/mol. The zero-order chi connectivity index (χ0) is 21.5. The molecule has 0 spiro atoms. The third-order valence-electron chi connectivity index (χ3n) is 4.13. The normalized spacial score (nSPS) is 10.7. The van der Waals surface area contributed by atoms with Crippen molar-refractivity contribution < 1.29 is 23.1 Å². The van der Waals surface area contributed by atoms with Gasteiger partial charge in [0.25, 0.3) is 0 Å². The van der Waals surface area contributed by atoms with Gasteiger partial charge >= 0.3 is 0 Å². The second kappa shape index (κ2) is 9.47. The summed E-state index contributed by atoms with van der Waals surface area (Å²) >= 11 is 0. The van der Waals surface area contributed by atoms with Gasteiger partial charge in [0.2, 0.25) is 11.8 Å². The number of primary amides is 1. The number of anilines is 1. The van der Waals surface area contributed by atoms with Crippen LogP contribution in [-0.2, 0) is 11.4 Å². The van der Waals surface area contributed by atoms with Gasteiger partial charge in [0, 0.05) is 35.0 Å². The molecule has 0 aliphatic rings. The molecule has 0 aliphatic carbocycles. The number of nitrogens with one attached hydrogen (secondary N) is 1. The predicted octanol–water partition coefficient (Wildman–Crippen LogP) is 4.29. The molecule has 0 unspecified atom stereocenters.